The van der Waals surface area contributed by atoms with Crippen molar-refractivity contribution < 1.29 is 23.1 Å². The van der Waals surface area contributed by atoms with Gasteiger partial charge in [-0.25, -0.2) is 13.6 Å². The van der Waals surface area contributed by atoms with Gasteiger partial charge in [0.05, 0.1) is 5.71 Å². The first-order valence-electron chi connectivity index (χ1n) is 5.06. The minimum Gasteiger partial charge on any atom is -0.456 e. The highest BCUT2D eigenvalue weighted by Crippen LogP contribution is 2.26. The van der Waals surface area contributed by atoms with Crippen LogP contribution < -0.4 is 0 Å². The van der Waals surface area contributed by atoms with E-state index in [-0.39, 0.29) is 6.42 Å². The Balaban J connectivity index is 2.50. The Bertz CT molecular complexity index is 312. The van der Waals surface area contributed by atoms with Crippen LogP contribution in [0.1, 0.15) is 33.6 Å². The number of carbonyl (C=O) groups excluding carboxylic acids is 1. The van der Waals surface area contributed by atoms with Gasteiger partial charge < -0.3 is 9.57 Å². The average molecular weight is 235 g/mol. The van der Waals surface area contributed by atoms with E-state index in [0.717, 1.165) is 5.71 Å². The largest absolute Gasteiger partial charge is 0.456 e. The molecule has 0 fully saturated rings. The fourth-order valence-corrected chi connectivity index (χ4v) is 1.26. The fraction of sp³-hybridized carbons (Fsp3) is 0.800. The molecule has 0 bridgehead atoms. The van der Waals surface area contributed by atoms with Crippen LogP contribution in [0.5, 0.6) is 0 Å². The minimum absolute atomic E-state index is 0.289. The van der Waals surface area contributed by atoms with Gasteiger partial charge in [-0.1, -0.05) is 12.1 Å². The van der Waals surface area contributed by atoms with Crippen LogP contribution in [0.25, 0.3) is 0 Å². The summed E-state index contributed by atoms with van der Waals surface area (Å²) in [6.07, 6.45) is 0.949. The van der Waals surface area contributed by atoms with E-state index in [4.69, 9.17) is 4.84 Å². The van der Waals surface area contributed by atoms with Gasteiger partial charge in [0.1, 0.15) is 0 Å². The second-order valence-corrected chi connectivity index (χ2v) is 4.16. The van der Waals surface area contributed by atoms with Crippen LogP contribution in [-0.2, 0) is 14.4 Å². The molecular formula is C10H15F2NO3. The van der Waals surface area contributed by atoms with Crippen LogP contribution in [0.15, 0.2) is 5.16 Å². The zero-order valence-corrected chi connectivity index (χ0v) is 9.55. The summed E-state index contributed by atoms with van der Waals surface area (Å²) < 4.78 is 29.5. The monoisotopic (exact) mass is 235 g/mol. The maximum absolute atomic E-state index is 12.5. The molecule has 1 atom stereocenters. The first-order valence-corrected chi connectivity index (χ1v) is 5.06. The van der Waals surface area contributed by atoms with Crippen molar-refractivity contribution in [3.8, 4) is 0 Å². The summed E-state index contributed by atoms with van der Waals surface area (Å²) in [5, 5.41) is 3.70. The first kappa shape index (κ1) is 12.9. The maximum atomic E-state index is 12.5. The van der Waals surface area contributed by atoms with Gasteiger partial charge in [-0.2, -0.15) is 0 Å². The number of hydrogen-bond acceptors (Lipinski definition) is 4. The van der Waals surface area contributed by atoms with Crippen LogP contribution >= 0.6 is 0 Å². The number of rotatable bonds is 4. The van der Waals surface area contributed by atoms with Gasteiger partial charge in [-0.3, -0.25) is 0 Å². The van der Waals surface area contributed by atoms with Crippen molar-refractivity contribution in [3.63, 3.8) is 0 Å². The predicted molar refractivity (Wildman–Crippen MR) is 53.4 cm³/mol. The van der Waals surface area contributed by atoms with E-state index in [0.29, 0.717) is 13.3 Å². The van der Waals surface area contributed by atoms with Crippen molar-refractivity contribution >= 4 is 11.7 Å². The molecule has 1 rings (SSSR count). The zero-order valence-electron chi connectivity index (χ0n) is 9.55. The average Bonchev–Trinajstić information content (AvgIpc) is 2.57. The lowest BCUT2D eigenvalue weighted by Gasteiger charge is -2.20. The summed E-state index contributed by atoms with van der Waals surface area (Å²) in [5.74, 6) is -3.83. The van der Waals surface area contributed by atoms with E-state index in [1.54, 1.807) is 0 Å². The second-order valence-electron chi connectivity index (χ2n) is 4.16. The van der Waals surface area contributed by atoms with Gasteiger partial charge in [0, 0.05) is 13.3 Å². The number of halogens is 2. The molecule has 92 valence electrons. The lowest BCUT2D eigenvalue weighted by atomic mass is 9.99. The number of carbonyl (C=O) groups is 1. The van der Waals surface area contributed by atoms with E-state index < -0.39 is 24.1 Å². The molecule has 0 aromatic carbocycles. The van der Waals surface area contributed by atoms with Gasteiger partial charge in [-0.05, 0) is 13.3 Å². The van der Waals surface area contributed by atoms with Crippen molar-refractivity contribution in [1.82, 2.24) is 0 Å². The number of hydrogen-bond donors (Lipinski definition) is 0. The van der Waals surface area contributed by atoms with Crippen LogP contribution in [0, 0.1) is 0 Å². The molecule has 0 N–H and O–H groups in total. The Morgan fingerprint density at radius 1 is 1.69 bits per heavy atom. The Kier molecular flexibility index (Phi) is 3.50. The smallest absolute Gasteiger partial charge is 0.353 e. The zero-order chi connectivity index (χ0) is 12.4. The summed E-state index contributed by atoms with van der Waals surface area (Å²) in [6.45, 7) is 3.10. The number of alkyl halides is 2. The van der Waals surface area contributed by atoms with Crippen LogP contribution in [0.3, 0.4) is 0 Å². The van der Waals surface area contributed by atoms with E-state index in [9.17, 15) is 13.6 Å². The molecule has 0 radical (unpaired) electrons. The third-order valence-corrected chi connectivity index (χ3v) is 2.21. The minimum atomic E-state index is -3.03. The molecule has 0 aliphatic carbocycles. The molecule has 16 heavy (non-hydrogen) atoms. The van der Waals surface area contributed by atoms with Gasteiger partial charge in [0.2, 0.25) is 5.60 Å². The van der Waals surface area contributed by atoms with E-state index in [1.165, 1.54) is 6.92 Å². The highest BCUT2D eigenvalue weighted by molar-refractivity contribution is 5.93. The van der Waals surface area contributed by atoms with Crippen molar-refractivity contribution in [2.75, 3.05) is 6.61 Å². The van der Waals surface area contributed by atoms with Crippen LogP contribution in [0.2, 0.25) is 0 Å². The first-order chi connectivity index (χ1) is 7.27. The Morgan fingerprint density at radius 3 is 2.75 bits per heavy atom. The van der Waals surface area contributed by atoms with Crippen molar-refractivity contribution in [2.45, 2.75) is 45.1 Å². The highest BCUT2D eigenvalue weighted by atomic mass is 19.3. The molecular weight excluding hydrogens is 220 g/mol. The van der Waals surface area contributed by atoms with Crippen molar-refractivity contribution in [3.05, 3.63) is 0 Å². The maximum Gasteiger partial charge on any atom is 0.353 e. The molecule has 0 spiro atoms. The number of esters is 1. The van der Waals surface area contributed by atoms with E-state index >= 15 is 0 Å². The van der Waals surface area contributed by atoms with Gasteiger partial charge in [0.15, 0.2) is 6.61 Å². The quantitative estimate of drug-likeness (QED) is 0.701. The normalized spacial score (nSPS) is 24.9. The molecule has 0 amide bonds. The fourth-order valence-electron chi connectivity index (χ4n) is 1.26. The number of oxime groups is 1. The van der Waals surface area contributed by atoms with Crippen molar-refractivity contribution in [2.24, 2.45) is 5.16 Å². The van der Waals surface area contributed by atoms with Crippen LogP contribution in [-0.4, -0.2) is 29.8 Å². The third-order valence-electron chi connectivity index (χ3n) is 2.21. The lowest BCUT2D eigenvalue weighted by Crippen LogP contribution is -2.39. The molecule has 0 saturated heterocycles. The third kappa shape index (κ3) is 3.15. The number of ether oxygens (including phenoxy) is 1. The summed E-state index contributed by atoms with van der Waals surface area (Å²) in [4.78, 5) is 16.5. The molecule has 1 heterocycles. The molecule has 1 aliphatic rings. The van der Waals surface area contributed by atoms with Gasteiger partial charge in [-0.15, -0.1) is 0 Å². The Morgan fingerprint density at radius 2 is 2.31 bits per heavy atom. The molecule has 0 saturated carbocycles. The standard InChI is InChI=1S/C10H15F2NO3/c1-4-7-5-9(2,16-13-7)8(14)15-6-10(3,11)12/h4-6H2,1-3H3. The van der Waals surface area contributed by atoms with E-state index in [1.807, 2.05) is 6.92 Å². The molecule has 6 heteroatoms. The summed E-state index contributed by atoms with van der Waals surface area (Å²) in [6, 6.07) is 0. The van der Waals surface area contributed by atoms with Crippen LogP contribution in [0.4, 0.5) is 8.78 Å². The summed E-state index contributed by atoms with van der Waals surface area (Å²) in [5.41, 5.74) is -0.529. The molecule has 0 aromatic rings. The van der Waals surface area contributed by atoms with Gasteiger partial charge in [0.25, 0.3) is 5.92 Å². The Labute approximate surface area is 92.6 Å². The predicted octanol–water partition coefficient (Wildman–Crippen LogP) is 2.13. The summed E-state index contributed by atoms with van der Waals surface area (Å²) >= 11 is 0. The lowest BCUT2D eigenvalue weighted by molar-refractivity contribution is -0.176. The SMILES string of the molecule is CCC1=NOC(C)(C(=O)OCC(C)(F)F)C1. The molecule has 1 aliphatic heterocycles. The summed E-state index contributed by atoms with van der Waals surface area (Å²) in [7, 11) is 0. The molecule has 4 nitrogen and oxygen atoms in total. The second kappa shape index (κ2) is 4.35. The highest BCUT2D eigenvalue weighted by Gasteiger charge is 2.43. The molecule has 0 aromatic heterocycles. The van der Waals surface area contributed by atoms with Gasteiger partial charge >= 0.3 is 5.97 Å². The van der Waals surface area contributed by atoms with E-state index in [2.05, 4.69) is 9.89 Å². The number of nitrogens with zero attached hydrogens (tertiary/aromatic N) is 1. The topological polar surface area (TPSA) is 47.9 Å². The molecule has 1 unspecified atom stereocenters. The van der Waals surface area contributed by atoms with Crippen molar-refractivity contribution in [1.29, 1.82) is 0 Å². The Hall–Kier alpha value is -1.20.